The minimum atomic E-state index is -0.349. The van der Waals surface area contributed by atoms with E-state index in [4.69, 9.17) is 4.74 Å². The Morgan fingerprint density at radius 2 is 2.26 bits per heavy atom. The van der Waals surface area contributed by atoms with Crippen LogP contribution in [0.5, 0.6) is 0 Å². The third kappa shape index (κ3) is 4.23. The molecule has 3 rings (SSSR count). The van der Waals surface area contributed by atoms with Gasteiger partial charge in [-0.25, -0.2) is 14.4 Å². The topological polar surface area (TPSA) is 76.1 Å². The van der Waals surface area contributed by atoms with Crippen LogP contribution in [0.25, 0.3) is 0 Å². The maximum Gasteiger partial charge on any atom is 0.270 e. The molecule has 1 fully saturated rings. The molecule has 7 heteroatoms. The van der Waals surface area contributed by atoms with Gasteiger partial charge in [0.2, 0.25) is 0 Å². The van der Waals surface area contributed by atoms with Crippen LogP contribution in [0, 0.1) is 5.82 Å². The normalized spacial score (nSPS) is 17.0. The van der Waals surface area contributed by atoms with Crippen molar-refractivity contribution in [1.82, 2.24) is 15.3 Å². The SMILES string of the molecule is O=C(NCC1CCCO1)c1cc(Nc2cccc(F)c2)ncn1. The Kier molecular flexibility index (Phi) is 4.77. The molecule has 1 aliphatic heterocycles. The minimum Gasteiger partial charge on any atom is -0.376 e. The molecule has 6 nitrogen and oxygen atoms in total. The van der Waals surface area contributed by atoms with Crippen LogP contribution in [0.2, 0.25) is 0 Å². The van der Waals surface area contributed by atoms with Crippen molar-refractivity contribution in [3.05, 3.63) is 48.2 Å². The highest BCUT2D eigenvalue weighted by molar-refractivity contribution is 5.92. The molecular weight excluding hydrogens is 299 g/mol. The summed E-state index contributed by atoms with van der Waals surface area (Å²) in [6.45, 7) is 1.21. The maximum atomic E-state index is 13.2. The average Bonchev–Trinajstić information content (AvgIpc) is 3.06. The van der Waals surface area contributed by atoms with Gasteiger partial charge in [-0.2, -0.15) is 0 Å². The van der Waals surface area contributed by atoms with E-state index in [0.29, 0.717) is 18.1 Å². The number of halogens is 1. The highest BCUT2D eigenvalue weighted by Crippen LogP contribution is 2.16. The highest BCUT2D eigenvalue weighted by Gasteiger charge is 2.17. The second kappa shape index (κ2) is 7.15. The van der Waals surface area contributed by atoms with Crippen molar-refractivity contribution in [3.8, 4) is 0 Å². The van der Waals surface area contributed by atoms with Crippen molar-refractivity contribution in [3.63, 3.8) is 0 Å². The summed E-state index contributed by atoms with van der Waals surface area (Å²) in [5.41, 5.74) is 0.798. The van der Waals surface area contributed by atoms with Crippen LogP contribution in [-0.4, -0.2) is 35.1 Å². The molecule has 23 heavy (non-hydrogen) atoms. The first kappa shape index (κ1) is 15.4. The number of anilines is 2. The van der Waals surface area contributed by atoms with Crippen molar-refractivity contribution in [2.75, 3.05) is 18.5 Å². The van der Waals surface area contributed by atoms with Gasteiger partial charge >= 0.3 is 0 Å². The number of ether oxygens (including phenoxy) is 1. The van der Waals surface area contributed by atoms with E-state index in [1.54, 1.807) is 12.1 Å². The number of rotatable bonds is 5. The smallest absolute Gasteiger partial charge is 0.270 e. The molecule has 1 aliphatic rings. The van der Waals surface area contributed by atoms with Crippen molar-refractivity contribution in [2.24, 2.45) is 0 Å². The van der Waals surface area contributed by atoms with Gasteiger partial charge in [-0.3, -0.25) is 4.79 Å². The Bertz CT molecular complexity index is 689. The monoisotopic (exact) mass is 316 g/mol. The lowest BCUT2D eigenvalue weighted by molar-refractivity contribution is 0.0853. The zero-order valence-corrected chi connectivity index (χ0v) is 12.5. The summed E-state index contributed by atoms with van der Waals surface area (Å²) in [6.07, 6.45) is 3.35. The molecule has 1 aromatic carbocycles. The average molecular weight is 316 g/mol. The summed E-state index contributed by atoms with van der Waals surface area (Å²) < 4.78 is 18.6. The Balaban J connectivity index is 1.63. The number of aromatic nitrogens is 2. The first-order valence-corrected chi connectivity index (χ1v) is 7.45. The van der Waals surface area contributed by atoms with Crippen LogP contribution in [-0.2, 0) is 4.74 Å². The molecule has 0 radical (unpaired) electrons. The Morgan fingerprint density at radius 1 is 1.35 bits per heavy atom. The molecule has 1 aromatic heterocycles. The molecule has 1 saturated heterocycles. The maximum absolute atomic E-state index is 13.2. The van der Waals surface area contributed by atoms with Gasteiger partial charge in [0.1, 0.15) is 23.7 Å². The van der Waals surface area contributed by atoms with E-state index in [1.807, 2.05) is 0 Å². The minimum absolute atomic E-state index is 0.0747. The third-order valence-corrected chi connectivity index (χ3v) is 3.51. The van der Waals surface area contributed by atoms with Gasteiger partial charge in [0.05, 0.1) is 6.10 Å². The van der Waals surface area contributed by atoms with E-state index in [-0.39, 0.29) is 23.5 Å². The number of benzene rings is 1. The first-order valence-electron chi connectivity index (χ1n) is 7.45. The molecule has 120 valence electrons. The molecule has 2 aromatic rings. The van der Waals surface area contributed by atoms with Crippen molar-refractivity contribution < 1.29 is 13.9 Å². The second-order valence-corrected chi connectivity index (χ2v) is 5.27. The molecule has 1 atom stereocenters. The van der Waals surface area contributed by atoms with E-state index in [2.05, 4.69) is 20.6 Å². The fraction of sp³-hybridized carbons (Fsp3) is 0.312. The van der Waals surface area contributed by atoms with Gasteiger partial charge in [-0.1, -0.05) is 6.07 Å². The molecule has 1 unspecified atom stereocenters. The van der Waals surface area contributed by atoms with Gasteiger partial charge in [0.25, 0.3) is 5.91 Å². The molecule has 0 aliphatic carbocycles. The fourth-order valence-electron chi connectivity index (χ4n) is 2.37. The van der Waals surface area contributed by atoms with Crippen LogP contribution in [0.3, 0.4) is 0 Å². The second-order valence-electron chi connectivity index (χ2n) is 5.27. The summed E-state index contributed by atoms with van der Waals surface area (Å²) in [7, 11) is 0. The summed E-state index contributed by atoms with van der Waals surface area (Å²) in [6, 6.07) is 7.53. The number of carbonyl (C=O) groups is 1. The van der Waals surface area contributed by atoms with Gasteiger partial charge in [0.15, 0.2) is 0 Å². The van der Waals surface area contributed by atoms with E-state index >= 15 is 0 Å². The van der Waals surface area contributed by atoms with Crippen LogP contribution in [0.1, 0.15) is 23.3 Å². The lowest BCUT2D eigenvalue weighted by Crippen LogP contribution is -2.32. The molecule has 0 spiro atoms. The quantitative estimate of drug-likeness (QED) is 0.885. The van der Waals surface area contributed by atoms with Crippen LogP contribution < -0.4 is 10.6 Å². The van der Waals surface area contributed by atoms with E-state index in [1.165, 1.54) is 24.5 Å². The van der Waals surface area contributed by atoms with E-state index in [0.717, 1.165) is 19.4 Å². The zero-order valence-electron chi connectivity index (χ0n) is 12.5. The summed E-state index contributed by atoms with van der Waals surface area (Å²) in [5, 5.41) is 5.74. The van der Waals surface area contributed by atoms with E-state index < -0.39 is 0 Å². The first-order chi connectivity index (χ1) is 11.2. The molecule has 0 saturated carbocycles. The third-order valence-electron chi connectivity index (χ3n) is 3.51. The standard InChI is InChI=1S/C16H17FN4O2/c17-11-3-1-4-12(7-11)21-15-8-14(19-10-20-15)16(22)18-9-13-5-2-6-23-13/h1,3-4,7-8,10,13H,2,5-6,9H2,(H,18,22)(H,19,20,21). The Morgan fingerprint density at radius 3 is 3.04 bits per heavy atom. The Hall–Kier alpha value is -2.54. The summed E-state index contributed by atoms with van der Waals surface area (Å²) in [4.78, 5) is 20.1. The summed E-state index contributed by atoms with van der Waals surface area (Å²) in [5.74, 6) is -0.211. The van der Waals surface area contributed by atoms with Crippen LogP contribution >= 0.6 is 0 Å². The number of hydrogen-bond donors (Lipinski definition) is 2. The molecule has 1 amide bonds. The summed E-state index contributed by atoms with van der Waals surface area (Å²) >= 11 is 0. The highest BCUT2D eigenvalue weighted by atomic mass is 19.1. The number of amides is 1. The van der Waals surface area contributed by atoms with E-state index in [9.17, 15) is 9.18 Å². The largest absolute Gasteiger partial charge is 0.376 e. The molecular formula is C16H17FN4O2. The van der Waals surface area contributed by atoms with Crippen LogP contribution in [0.4, 0.5) is 15.9 Å². The lowest BCUT2D eigenvalue weighted by atomic mass is 10.2. The molecule has 2 N–H and O–H groups in total. The van der Waals surface area contributed by atoms with Gasteiger partial charge in [-0.15, -0.1) is 0 Å². The van der Waals surface area contributed by atoms with Gasteiger partial charge < -0.3 is 15.4 Å². The van der Waals surface area contributed by atoms with Gasteiger partial charge in [0, 0.05) is 24.9 Å². The molecule has 2 heterocycles. The van der Waals surface area contributed by atoms with Crippen molar-refractivity contribution in [1.29, 1.82) is 0 Å². The Labute approximate surface area is 133 Å². The fourth-order valence-corrected chi connectivity index (χ4v) is 2.37. The molecule has 0 bridgehead atoms. The number of nitrogens with one attached hydrogen (secondary N) is 2. The lowest BCUT2D eigenvalue weighted by Gasteiger charge is -2.11. The predicted octanol–water partition coefficient (Wildman–Crippen LogP) is 2.27. The van der Waals surface area contributed by atoms with Gasteiger partial charge in [-0.05, 0) is 31.0 Å². The van der Waals surface area contributed by atoms with Crippen molar-refractivity contribution >= 4 is 17.4 Å². The predicted molar refractivity (Wildman–Crippen MR) is 83.0 cm³/mol. The number of carbonyl (C=O) groups excluding carboxylic acids is 1. The van der Waals surface area contributed by atoms with Crippen molar-refractivity contribution in [2.45, 2.75) is 18.9 Å². The zero-order chi connectivity index (χ0) is 16.1. The number of nitrogens with zero attached hydrogens (tertiary/aromatic N) is 2. The number of hydrogen-bond acceptors (Lipinski definition) is 5. The van der Waals surface area contributed by atoms with Crippen LogP contribution in [0.15, 0.2) is 36.7 Å².